The van der Waals surface area contributed by atoms with Crippen LogP contribution in [0.15, 0.2) is 108 Å². The minimum absolute atomic E-state index is 0.0316. The Balaban J connectivity index is 1.33. The van der Waals surface area contributed by atoms with Crippen LogP contribution in [0.3, 0.4) is 0 Å². The first-order valence-electron chi connectivity index (χ1n) is 16.1. The van der Waals surface area contributed by atoms with Gasteiger partial charge in [-0.25, -0.2) is 0 Å². The van der Waals surface area contributed by atoms with Gasteiger partial charge < -0.3 is 24.2 Å². The Hall–Kier alpha value is -4.96. The first-order chi connectivity index (χ1) is 23.8. The van der Waals surface area contributed by atoms with E-state index in [1.54, 1.807) is 24.3 Å². The third-order valence-corrected chi connectivity index (χ3v) is 10.1. The summed E-state index contributed by atoms with van der Waals surface area (Å²) < 4.78 is 18.0. The van der Waals surface area contributed by atoms with E-state index in [-0.39, 0.29) is 60.2 Å². The topological polar surface area (TPSA) is 122 Å². The van der Waals surface area contributed by atoms with E-state index in [1.807, 2.05) is 65.6 Å². The molecule has 0 aliphatic heterocycles. The number of hydrogen-bond acceptors (Lipinski definition) is 9. The zero-order chi connectivity index (χ0) is 34.3. The van der Waals surface area contributed by atoms with Gasteiger partial charge in [0.15, 0.2) is 11.4 Å². The second-order valence-corrected chi connectivity index (χ2v) is 13.0. The summed E-state index contributed by atoms with van der Waals surface area (Å²) in [6.07, 6.45) is 3.83. The molecule has 250 valence electrons. The highest BCUT2D eigenvalue weighted by atomic mass is 35.5. The fourth-order valence-electron chi connectivity index (χ4n) is 7.52. The van der Waals surface area contributed by atoms with Crippen molar-refractivity contribution in [2.75, 3.05) is 13.1 Å². The first-order valence-corrected chi connectivity index (χ1v) is 16.5. The molecule has 0 unspecified atom stereocenters. The first kappa shape index (κ1) is 32.6. The Labute approximate surface area is 288 Å². The molecule has 49 heavy (non-hydrogen) atoms. The SMILES string of the molecule is C=CCN(CC=C)[C@@H]1c2onc(OCc3ccccc3)c2C(=O)[C@@]2(O)C(=O)C3=C(O)c4c(OCc5ccccc5)ccc(Cl)c4C[C@H]3C[C@@H]12. The van der Waals surface area contributed by atoms with Crippen molar-refractivity contribution in [3.8, 4) is 11.6 Å². The van der Waals surface area contributed by atoms with Crippen LogP contribution in [-0.4, -0.2) is 50.5 Å². The number of aliphatic hydroxyl groups is 2. The third-order valence-electron chi connectivity index (χ3n) is 9.72. The summed E-state index contributed by atoms with van der Waals surface area (Å²) in [5.41, 5.74) is -0.0482. The summed E-state index contributed by atoms with van der Waals surface area (Å²) in [4.78, 5) is 31.1. The molecular weight excluding hydrogens is 644 g/mol. The molecule has 0 saturated heterocycles. The largest absolute Gasteiger partial charge is 0.507 e. The Morgan fingerprint density at radius 3 is 2.18 bits per heavy atom. The second kappa shape index (κ2) is 13.2. The van der Waals surface area contributed by atoms with Gasteiger partial charge in [-0.15, -0.1) is 13.2 Å². The molecule has 1 aromatic heterocycles. The molecule has 0 radical (unpaired) electrons. The number of aromatic nitrogens is 1. The van der Waals surface area contributed by atoms with E-state index in [1.165, 1.54) is 0 Å². The Morgan fingerprint density at radius 2 is 1.55 bits per heavy atom. The molecule has 9 nitrogen and oxygen atoms in total. The lowest BCUT2D eigenvalue weighted by Crippen LogP contribution is -2.63. The summed E-state index contributed by atoms with van der Waals surface area (Å²) in [5.74, 6) is -3.23. The molecule has 1 saturated carbocycles. The van der Waals surface area contributed by atoms with Gasteiger partial charge >= 0.3 is 0 Å². The molecule has 1 fully saturated rings. The number of halogens is 1. The van der Waals surface area contributed by atoms with E-state index in [9.17, 15) is 19.8 Å². The van der Waals surface area contributed by atoms with E-state index in [2.05, 4.69) is 18.3 Å². The van der Waals surface area contributed by atoms with Gasteiger partial charge in [0.25, 0.3) is 5.88 Å². The van der Waals surface area contributed by atoms with Gasteiger partial charge in [-0.2, -0.15) is 0 Å². The van der Waals surface area contributed by atoms with Crippen molar-refractivity contribution in [1.82, 2.24) is 10.1 Å². The number of carbonyl (C=O) groups excluding carboxylic acids is 2. The summed E-state index contributed by atoms with van der Waals surface area (Å²) in [5, 5.41) is 29.0. The van der Waals surface area contributed by atoms with Crippen LogP contribution in [0.1, 0.15) is 50.8 Å². The smallest absolute Gasteiger partial charge is 0.265 e. The van der Waals surface area contributed by atoms with Crippen molar-refractivity contribution < 1.29 is 33.8 Å². The number of ketones is 2. The quantitative estimate of drug-likeness (QED) is 0.129. The normalized spacial score (nSPS) is 22.6. The second-order valence-electron chi connectivity index (χ2n) is 12.6. The predicted octanol–water partition coefficient (Wildman–Crippen LogP) is 6.86. The summed E-state index contributed by atoms with van der Waals surface area (Å²) in [7, 11) is 0. The lowest BCUT2D eigenvalue weighted by atomic mass is 9.57. The average molecular weight is 679 g/mol. The van der Waals surface area contributed by atoms with Crippen molar-refractivity contribution in [2.45, 2.75) is 37.7 Å². The van der Waals surface area contributed by atoms with Gasteiger partial charge in [0.1, 0.15) is 30.3 Å². The molecule has 3 aliphatic carbocycles. The molecule has 3 aromatic carbocycles. The Morgan fingerprint density at radius 1 is 0.918 bits per heavy atom. The molecular formula is C39H35ClN2O7. The van der Waals surface area contributed by atoms with Crippen LogP contribution in [-0.2, 0) is 24.4 Å². The zero-order valence-corrected chi connectivity index (χ0v) is 27.4. The Kier molecular flexibility index (Phi) is 8.75. The summed E-state index contributed by atoms with van der Waals surface area (Å²) >= 11 is 6.71. The van der Waals surface area contributed by atoms with Gasteiger partial charge in [0.05, 0.1) is 11.6 Å². The molecule has 0 spiro atoms. The molecule has 2 N–H and O–H groups in total. The number of benzene rings is 3. The lowest BCUT2D eigenvalue weighted by Gasteiger charge is -2.50. The highest BCUT2D eigenvalue weighted by molar-refractivity contribution is 6.32. The molecule has 10 heteroatoms. The molecule has 0 amide bonds. The van der Waals surface area contributed by atoms with Crippen molar-refractivity contribution >= 4 is 28.9 Å². The fraction of sp³-hybridized carbons (Fsp3) is 0.256. The summed E-state index contributed by atoms with van der Waals surface area (Å²) in [6.45, 7) is 8.75. The Bertz CT molecular complexity index is 1960. The molecule has 4 aromatic rings. The predicted molar refractivity (Wildman–Crippen MR) is 183 cm³/mol. The number of ether oxygens (including phenoxy) is 2. The van der Waals surface area contributed by atoms with E-state index >= 15 is 0 Å². The van der Waals surface area contributed by atoms with Gasteiger partial charge in [0.2, 0.25) is 11.6 Å². The number of carbonyl (C=O) groups is 2. The van der Waals surface area contributed by atoms with Crippen LogP contribution in [0.5, 0.6) is 11.6 Å². The van der Waals surface area contributed by atoms with Crippen LogP contribution in [0.4, 0.5) is 0 Å². The van der Waals surface area contributed by atoms with E-state index in [4.69, 9.17) is 25.6 Å². The minimum Gasteiger partial charge on any atom is -0.507 e. The number of hydrogen-bond donors (Lipinski definition) is 2. The van der Waals surface area contributed by atoms with Gasteiger partial charge in [-0.05, 0) is 52.7 Å². The van der Waals surface area contributed by atoms with Crippen molar-refractivity contribution in [1.29, 1.82) is 0 Å². The van der Waals surface area contributed by atoms with Crippen LogP contribution in [0, 0.1) is 11.8 Å². The van der Waals surface area contributed by atoms with Gasteiger partial charge in [-0.1, -0.05) is 84.4 Å². The highest BCUT2D eigenvalue weighted by Gasteiger charge is 2.66. The standard InChI is InChI=1S/C39H35ClN2O7/c1-3-17-42(18-4-2)33-27-20-25-19-26-28(40)15-16-29(47-21-23-11-7-5-8-12-23)31(26)34(43)30(25)36(44)39(27,46)37(45)32-35(33)49-41-38(32)48-22-24-13-9-6-10-14-24/h3-16,25,27,33,43,46H,1-2,17-22H2/t25-,27-,33-,39-/m0/s1. The molecule has 1 heterocycles. The number of nitrogens with zero attached hydrogens (tertiary/aromatic N) is 2. The molecule has 3 aliphatic rings. The van der Waals surface area contributed by atoms with Crippen LogP contribution in [0.2, 0.25) is 5.02 Å². The van der Waals surface area contributed by atoms with E-state index < -0.39 is 35.0 Å². The average Bonchev–Trinajstić information content (AvgIpc) is 3.53. The molecule has 4 atom stereocenters. The minimum atomic E-state index is -2.56. The molecule has 7 rings (SSSR count). The van der Waals surface area contributed by atoms with E-state index in [0.29, 0.717) is 29.4 Å². The van der Waals surface area contributed by atoms with Crippen LogP contribution < -0.4 is 9.47 Å². The lowest BCUT2D eigenvalue weighted by molar-refractivity contribution is -0.143. The maximum Gasteiger partial charge on any atom is 0.265 e. The highest BCUT2D eigenvalue weighted by Crippen LogP contribution is 2.56. The summed E-state index contributed by atoms with van der Waals surface area (Å²) in [6, 6.07) is 21.4. The van der Waals surface area contributed by atoms with Crippen LogP contribution >= 0.6 is 11.6 Å². The fourth-order valence-corrected chi connectivity index (χ4v) is 7.75. The van der Waals surface area contributed by atoms with Crippen molar-refractivity contribution in [2.24, 2.45) is 11.8 Å². The third kappa shape index (κ3) is 5.48. The van der Waals surface area contributed by atoms with Crippen LogP contribution in [0.25, 0.3) is 5.76 Å². The number of fused-ring (bicyclic) bond motifs is 4. The number of rotatable bonds is 11. The van der Waals surface area contributed by atoms with Gasteiger partial charge in [0, 0.05) is 29.6 Å². The maximum atomic E-state index is 14.7. The van der Waals surface area contributed by atoms with Gasteiger partial charge in [-0.3, -0.25) is 14.5 Å². The maximum absolute atomic E-state index is 14.7. The van der Waals surface area contributed by atoms with Crippen molar-refractivity contribution in [3.05, 3.63) is 142 Å². The number of Topliss-reactive ketones (excluding diaryl/α,β-unsaturated/α-hetero) is 2. The zero-order valence-electron chi connectivity index (χ0n) is 26.7. The van der Waals surface area contributed by atoms with E-state index in [0.717, 1.165) is 11.1 Å². The number of aliphatic hydroxyl groups excluding tert-OH is 1. The monoisotopic (exact) mass is 678 g/mol. The molecule has 0 bridgehead atoms. The van der Waals surface area contributed by atoms with Crippen molar-refractivity contribution in [3.63, 3.8) is 0 Å².